The summed E-state index contributed by atoms with van der Waals surface area (Å²) in [6.45, 7) is 7.71. The highest BCUT2D eigenvalue weighted by atomic mass is 16.1. The van der Waals surface area contributed by atoms with Gasteiger partial charge in [-0.2, -0.15) is 0 Å². The predicted molar refractivity (Wildman–Crippen MR) is 66.1 cm³/mol. The number of hydrogen-bond donors (Lipinski definition) is 2. The summed E-state index contributed by atoms with van der Waals surface area (Å²) >= 11 is 0. The van der Waals surface area contributed by atoms with Crippen LogP contribution in [-0.2, 0) is 4.79 Å². The Balaban J connectivity index is 2.24. The van der Waals surface area contributed by atoms with Crippen LogP contribution in [0.5, 0.6) is 0 Å². The fraction of sp³-hybridized carbons (Fsp3) is 0.917. The van der Waals surface area contributed by atoms with Gasteiger partial charge < -0.3 is 11.1 Å². The van der Waals surface area contributed by atoms with E-state index in [-0.39, 0.29) is 11.8 Å². The van der Waals surface area contributed by atoms with Gasteiger partial charge in [-0.05, 0) is 39.3 Å². The van der Waals surface area contributed by atoms with Gasteiger partial charge in [-0.15, -0.1) is 0 Å². The highest BCUT2D eigenvalue weighted by Crippen LogP contribution is 2.10. The minimum Gasteiger partial charge on any atom is -0.354 e. The quantitative estimate of drug-likeness (QED) is 0.697. The molecule has 94 valence electrons. The average Bonchev–Trinajstić information content (AvgIpc) is 2.81. The Morgan fingerprint density at radius 1 is 1.44 bits per heavy atom. The number of amides is 1. The molecule has 0 saturated carbocycles. The van der Waals surface area contributed by atoms with Crippen molar-refractivity contribution >= 4 is 5.91 Å². The molecule has 0 aromatic rings. The van der Waals surface area contributed by atoms with Crippen LogP contribution >= 0.6 is 0 Å². The molecular formula is C12H25N3O. The Kier molecular flexibility index (Phi) is 5.77. The molecule has 0 bridgehead atoms. The van der Waals surface area contributed by atoms with Crippen LogP contribution in [0.2, 0.25) is 0 Å². The van der Waals surface area contributed by atoms with Gasteiger partial charge in [-0.25, -0.2) is 0 Å². The smallest absolute Gasteiger partial charge is 0.224 e. The van der Waals surface area contributed by atoms with E-state index < -0.39 is 0 Å². The number of nitrogens with zero attached hydrogens (tertiary/aromatic N) is 1. The van der Waals surface area contributed by atoms with Crippen molar-refractivity contribution in [2.24, 2.45) is 11.7 Å². The lowest BCUT2D eigenvalue weighted by molar-refractivity contribution is -0.125. The zero-order valence-electron chi connectivity index (χ0n) is 10.5. The molecule has 1 aliphatic rings. The Morgan fingerprint density at radius 3 is 2.56 bits per heavy atom. The van der Waals surface area contributed by atoms with E-state index in [1.54, 1.807) is 0 Å². The number of nitrogens with one attached hydrogen (secondary N) is 1. The molecule has 0 radical (unpaired) electrons. The van der Waals surface area contributed by atoms with Crippen molar-refractivity contribution in [3.63, 3.8) is 0 Å². The molecule has 4 nitrogen and oxygen atoms in total. The van der Waals surface area contributed by atoms with Gasteiger partial charge >= 0.3 is 0 Å². The molecular weight excluding hydrogens is 202 g/mol. The van der Waals surface area contributed by atoms with Gasteiger partial charge in [0.1, 0.15) is 0 Å². The highest BCUT2D eigenvalue weighted by Gasteiger charge is 2.20. The van der Waals surface area contributed by atoms with Gasteiger partial charge in [0.2, 0.25) is 5.91 Å². The Morgan fingerprint density at radius 2 is 2.06 bits per heavy atom. The first-order chi connectivity index (χ1) is 7.69. The van der Waals surface area contributed by atoms with Gasteiger partial charge in [0.25, 0.3) is 0 Å². The third-order valence-electron chi connectivity index (χ3n) is 3.48. The van der Waals surface area contributed by atoms with E-state index in [2.05, 4.69) is 17.1 Å². The van der Waals surface area contributed by atoms with Gasteiger partial charge in [-0.1, -0.05) is 6.92 Å². The summed E-state index contributed by atoms with van der Waals surface area (Å²) in [5.41, 5.74) is 5.54. The summed E-state index contributed by atoms with van der Waals surface area (Å²) in [4.78, 5) is 14.1. The Bertz CT molecular complexity index is 210. The lowest BCUT2D eigenvalue weighted by atomic mass is 10.1. The van der Waals surface area contributed by atoms with Crippen molar-refractivity contribution in [3.8, 4) is 0 Å². The summed E-state index contributed by atoms with van der Waals surface area (Å²) in [5, 5.41) is 3.00. The predicted octanol–water partition coefficient (Wildman–Crippen LogP) is 0.572. The standard InChI is InChI=1S/C12H25N3O/c1-3-11(8-13)12(16)14-9-10(2)15-6-4-5-7-15/h10-11H,3-9,13H2,1-2H3,(H,14,16). The van der Waals surface area contributed by atoms with Crippen molar-refractivity contribution in [1.82, 2.24) is 10.2 Å². The maximum absolute atomic E-state index is 11.7. The first kappa shape index (κ1) is 13.5. The molecule has 1 heterocycles. The summed E-state index contributed by atoms with van der Waals surface area (Å²) < 4.78 is 0. The SMILES string of the molecule is CCC(CN)C(=O)NCC(C)N1CCCC1. The Labute approximate surface area is 98.6 Å². The van der Waals surface area contributed by atoms with E-state index in [1.165, 1.54) is 25.9 Å². The van der Waals surface area contributed by atoms with Crippen LogP contribution in [0.25, 0.3) is 0 Å². The van der Waals surface area contributed by atoms with Gasteiger partial charge in [0.05, 0.1) is 0 Å². The van der Waals surface area contributed by atoms with Crippen molar-refractivity contribution in [2.75, 3.05) is 26.2 Å². The van der Waals surface area contributed by atoms with E-state index in [9.17, 15) is 4.79 Å². The molecule has 0 aromatic carbocycles. The number of nitrogens with two attached hydrogens (primary N) is 1. The zero-order valence-corrected chi connectivity index (χ0v) is 10.5. The topological polar surface area (TPSA) is 58.4 Å². The van der Waals surface area contributed by atoms with E-state index in [0.717, 1.165) is 13.0 Å². The summed E-state index contributed by atoms with van der Waals surface area (Å²) in [5.74, 6) is 0.0850. The first-order valence-electron chi connectivity index (χ1n) is 6.40. The molecule has 0 aliphatic carbocycles. The molecule has 0 spiro atoms. The van der Waals surface area contributed by atoms with Crippen LogP contribution in [0.4, 0.5) is 0 Å². The largest absolute Gasteiger partial charge is 0.354 e. The highest BCUT2D eigenvalue weighted by molar-refractivity contribution is 5.78. The number of likely N-dealkylation sites (tertiary alicyclic amines) is 1. The maximum atomic E-state index is 11.7. The second-order valence-electron chi connectivity index (χ2n) is 4.68. The summed E-state index contributed by atoms with van der Waals surface area (Å²) in [7, 11) is 0. The fourth-order valence-electron chi connectivity index (χ4n) is 2.16. The minimum absolute atomic E-state index is 0.0224. The number of hydrogen-bond acceptors (Lipinski definition) is 3. The van der Waals surface area contributed by atoms with Gasteiger partial charge in [0, 0.05) is 25.0 Å². The molecule has 2 atom stereocenters. The van der Waals surface area contributed by atoms with Crippen molar-refractivity contribution in [3.05, 3.63) is 0 Å². The third-order valence-corrected chi connectivity index (χ3v) is 3.48. The van der Waals surface area contributed by atoms with Gasteiger partial charge in [-0.3, -0.25) is 9.69 Å². The summed E-state index contributed by atoms with van der Waals surface area (Å²) in [6.07, 6.45) is 3.40. The van der Waals surface area contributed by atoms with Crippen LogP contribution in [0, 0.1) is 5.92 Å². The van der Waals surface area contributed by atoms with Crippen LogP contribution in [-0.4, -0.2) is 43.0 Å². The number of carbonyl (C=O) groups is 1. The van der Waals surface area contributed by atoms with E-state index in [4.69, 9.17) is 5.73 Å². The average molecular weight is 227 g/mol. The van der Waals surface area contributed by atoms with Crippen molar-refractivity contribution < 1.29 is 4.79 Å². The number of rotatable bonds is 6. The second kappa shape index (κ2) is 6.86. The molecule has 3 N–H and O–H groups in total. The molecule has 1 fully saturated rings. The first-order valence-corrected chi connectivity index (χ1v) is 6.40. The van der Waals surface area contributed by atoms with Crippen LogP contribution in [0.3, 0.4) is 0 Å². The van der Waals surface area contributed by atoms with Gasteiger partial charge in [0.15, 0.2) is 0 Å². The molecule has 1 rings (SSSR count). The van der Waals surface area contributed by atoms with Crippen molar-refractivity contribution in [2.45, 2.75) is 39.2 Å². The minimum atomic E-state index is -0.0224. The molecule has 1 amide bonds. The van der Waals surface area contributed by atoms with Crippen LogP contribution in [0.1, 0.15) is 33.1 Å². The molecule has 2 unspecified atom stereocenters. The van der Waals surface area contributed by atoms with Crippen molar-refractivity contribution in [1.29, 1.82) is 0 Å². The maximum Gasteiger partial charge on any atom is 0.224 e. The summed E-state index contributed by atoms with van der Waals surface area (Å²) in [6, 6.07) is 0.446. The van der Waals surface area contributed by atoms with E-state index >= 15 is 0 Å². The Hall–Kier alpha value is -0.610. The second-order valence-corrected chi connectivity index (χ2v) is 4.68. The van der Waals surface area contributed by atoms with E-state index in [1.807, 2.05) is 6.92 Å². The number of carbonyl (C=O) groups excluding carboxylic acids is 1. The van der Waals surface area contributed by atoms with E-state index in [0.29, 0.717) is 12.6 Å². The van der Waals surface area contributed by atoms with Crippen LogP contribution in [0.15, 0.2) is 0 Å². The monoisotopic (exact) mass is 227 g/mol. The third kappa shape index (κ3) is 3.76. The molecule has 4 heteroatoms. The molecule has 1 aliphatic heterocycles. The van der Waals surface area contributed by atoms with Crippen LogP contribution < -0.4 is 11.1 Å². The molecule has 1 saturated heterocycles. The zero-order chi connectivity index (χ0) is 12.0. The molecule has 0 aromatic heterocycles. The normalized spacial score (nSPS) is 20.7. The fourth-order valence-corrected chi connectivity index (χ4v) is 2.16. The lowest BCUT2D eigenvalue weighted by Crippen LogP contribution is -2.43. The molecule has 16 heavy (non-hydrogen) atoms. The lowest BCUT2D eigenvalue weighted by Gasteiger charge is -2.24.